The van der Waals surface area contributed by atoms with E-state index in [9.17, 15) is 4.79 Å². The van der Waals surface area contributed by atoms with E-state index in [0.29, 0.717) is 18.1 Å². The van der Waals surface area contributed by atoms with Gasteiger partial charge < -0.3 is 5.73 Å². The van der Waals surface area contributed by atoms with Gasteiger partial charge in [-0.3, -0.25) is 4.79 Å². The van der Waals surface area contributed by atoms with E-state index in [0.717, 1.165) is 18.8 Å². The Morgan fingerprint density at radius 1 is 1.36 bits per heavy atom. The second-order valence-electron chi connectivity index (χ2n) is 4.77. The fourth-order valence-electron chi connectivity index (χ4n) is 2.38. The third-order valence-corrected chi connectivity index (χ3v) is 3.40. The first-order valence-corrected chi connectivity index (χ1v) is 5.91. The predicted octanol–water partition coefficient (Wildman–Crippen LogP) is 2.51. The Labute approximate surface area is 87.2 Å². The first-order valence-electron chi connectivity index (χ1n) is 5.91. The van der Waals surface area contributed by atoms with Gasteiger partial charge >= 0.3 is 0 Å². The minimum absolute atomic E-state index is 0.0337. The first-order chi connectivity index (χ1) is 6.63. The van der Waals surface area contributed by atoms with Crippen LogP contribution < -0.4 is 5.73 Å². The number of ketones is 1. The summed E-state index contributed by atoms with van der Waals surface area (Å²) in [5.41, 5.74) is 5.63. The molecule has 1 atom stereocenters. The fraction of sp³-hybridized carbons (Fsp3) is 0.917. The van der Waals surface area contributed by atoms with Crippen molar-refractivity contribution in [3.63, 3.8) is 0 Å². The summed E-state index contributed by atoms with van der Waals surface area (Å²) >= 11 is 0. The Bertz CT molecular complexity index is 181. The van der Waals surface area contributed by atoms with Gasteiger partial charge in [0, 0.05) is 18.4 Å². The lowest BCUT2D eigenvalue weighted by atomic mass is 9.78. The highest BCUT2D eigenvalue weighted by atomic mass is 16.1. The van der Waals surface area contributed by atoms with Crippen molar-refractivity contribution >= 4 is 5.78 Å². The second-order valence-corrected chi connectivity index (χ2v) is 4.77. The van der Waals surface area contributed by atoms with E-state index in [1.807, 2.05) is 6.92 Å². The van der Waals surface area contributed by atoms with Crippen LogP contribution >= 0.6 is 0 Å². The van der Waals surface area contributed by atoms with Crippen molar-refractivity contribution in [1.29, 1.82) is 0 Å². The minimum atomic E-state index is 0.0337. The number of Topliss-reactive ketones (excluding diaryl/α,β-unsaturated/α-hetero) is 1. The first kappa shape index (κ1) is 11.7. The molecule has 0 spiro atoms. The number of carbonyl (C=O) groups is 1. The molecule has 0 saturated heterocycles. The monoisotopic (exact) mass is 197 g/mol. The van der Waals surface area contributed by atoms with Gasteiger partial charge in [0.05, 0.1) is 0 Å². The van der Waals surface area contributed by atoms with Crippen LogP contribution in [0.5, 0.6) is 0 Å². The molecule has 82 valence electrons. The third kappa shape index (κ3) is 3.41. The average Bonchev–Trinajstić information content (AvgIpc) is 2.17. The topological polar surface area (TPSA) is 43.1 Å². The number of hydrogen-bond donors (Lipinski definition) is 1. The molecule has 1 aliphatic carbocycles. The van der Waals surface area contributed by atoms with Crippen molar-refractivity contribution in [2.45, 2.75) is 58.4 Å². The molecule has 1 rings (SSSR count). The van der Waals surface area contributed by atoms with Crippen LogP contribution in [0.3, 0.4) is 0 Å². The van der Waals surface area contributed by atoms with Gasteiger partial charge in [0.1, 0.15) is 5.78 Å². The maximum absolute atomic E-state index is 11.7. The molecule has 0 aliphatic heterocycles. The zero-order chi connectivity index (χ0) is 10.6. The summed E-state index contributed by atoms with van der Waals surface area (Å²) in [6, 6.07) is 0.0337. The molecule has 0 radical (unpaired) electrons. The molecule has 14 heavy (non-hydrogen) atoms. The van der Waals surface area contributed by atoms with Gasteiger partial charge in [0.15, 0.2) is 0 Å². The molecule has 0 amide bonds. The lowest BCUT2D eigenvalue weighted by Crippen LogP contribution is -2.27. The Morgan fingerprint density at radius 3 is 2.36 bits per heavy atom. The normalized spacial score (nSPS) is 29.9. The van der Waals surface area contributed by atoms with E-state index in [1.54, 1.807) is 0 Å². The number of hydrogen-bond acceptors (Lipinski definition) is 2. The molecule has 0 aromatic carbocycles. The molecule has 2 nitrogen and oxygen atoms in total. The highest BCUT2D eigenvalue weighted by Gasteiger charge is 2.25. The molecule has 0 bridgehead atoms. The molecule has 1 unspecified atom stereocenters. The largest absolute Gasteiger partial charge is 0.328 e. The summed E-state index contributed by atoms with van der Waals surface area (Å²) in [4.78, 5) is 11.7. The van der Waals surface area contributed by atoms with Crippen molar-refractivity contribution in [2.24, 2.45) is 17.6 Å². The zero-order valence-corrected chi connectivity index (χ0v) is 9.46. The quantitative estimate of drug-likeness (QED) is 0.752. The van der Waals surface area contributed by atoms with Gasteiger partial charge in [0.2, 0.25) is 0 Å². The summed E-state index contributed by atoms with van der Waals surface area (Å²) in [5.74, 6) is 1.59. The second kappa shape index (κ2) is 5.50. The molecule has 1 aliphatic rings. The smallest absolute Gasteiger partial charge is 0.137 e. The van der Waals surface area contributed by atoms with Crippen LogP contribution in [0.15, 0.2) is 0 Å². The molecule has 1 fully saturated rings. The van der Waals surface area contributed by atoms with Gasteiger partial charge in [-0.15, -0.1) is 0 Å². The van der Waals surface area contributed by atoms with E-state index in [4.69, 9.17) is 5.73 Å². The Kier molecular flexibility index (Phi) is 4.59. The summed E-state index contributed by atoms with van der Waals surface area (Å²) in [7, 11) is 0. The molecule has 0 aromatic rings. The highest BCUT2D eigenvalue weighted by Crippen LogP contribution is 2.31. The Balaban J connectivity index is 2.30. The zero-order valence-electron chi connectivity index (χ0n) is 9.46. The maximum Gasteiger partial charge on any atom is 0.137 e. The number of carbonyl (C=O) groups excluding carboxylic acids is 1. The lowest BCUT2D eigenvalue weighted by molar-refractivity contribution is -0.124. The van der Waals surface area contributed by atoms with Crippen molar-refractivity contribution in [3.8, 4) is 0 Å². The van der Waals surface area contributed by atoms with Crippen LogP contribution in [-0.2, 0) is 4.79 Å². The number of rotatable bonds is 4. The SMILES string of the molecule is CCC1CCC(C(=O)CC(C)N)CC1. The molecule has 2 N–H and O–H groups in total. The van der Waals surface area contributed by atoms with E-state index in [-0.39, 0.29) is 6.04 Å². The summed E-state index contributed by atoms with van der Waals surface area (Å²) in [6.45, 7) is 4.16. The Morgan fingerprint density at radius 2 is 1.93 bits per heavy atom. The highest BCUT2D eigenvalue weighted by molar-refractivity contribution is 5.81. The summed E-state index contributed by atoms with van der Waals surface area (Å²) in [5, 5.41) is 0. The van der Waals surface area contributed by atoms with Gasteiger partial charge in [-0.2, -0.15) is 0 Å². The van der Waals surface area contributed by atoms with Crippen LogP contribution in [-0.4, -0.2) is 11.8 Å². The standard InChI is InChI=1S/C12H23NO/c1-3-10-4-6-11(7-5-10)12(14)8-9(2)13/h9-11H,3-8,13H2,1-2H3. The lowest BCUT2D eigenvalue weighted by Gasteiger charge is -2.27. The molecular formula is C12H23NO. The minimum Gasteiger partial charge on any atom is -0.328 e. The molecule has 2 heteroatoms. The summed E-state index contributed by atoms with van der Waals surface area (Å²) in [6.07, 6.45) is 6.53. The van der Waals surface area contributed by atoms with Crippen LogP contribution in [0.4, 0.5) is 0 Å². The van der Waals surface area contributed by atoms with Crippen LogP contribution in [0.1, 0.15) is 52.4 Å². The summed E-state index contributed by atoms with van der Waals surface area (Å²) < 4.78 is 0. The van der Waals surface area contributed by atoms with Crippen molar-refractivity contribution in [3.05, 3.63) is 0 Å². The van der Waals surface area contributed by atoms with Crippen molar-refractivity contribution in [2.75, 3.05) is 0 Å². The van der Waals surface area contributed by atoms with Crippen LogP contribution in [0.25, 0.3) is 0 Å². The average molecular weight is 197 g/mol. The number of nitrogens with two attached hydrogens (primary N) is 1. The van der Waals surface area contributed by atoms with Crippen molar-refractivity contribution < 1.29 is 4.79 Å². The third-order valence-electron chi connectivity index (χ3n) is 3.40. The van der Waals surface area contributed by atoms with Gasteiger partial charge in [-0.05, 0) is 38.5 Å². The predicted molar refractivity (Wildman–Crippen MR) is 59.0 cm³/mol. The van der Waals surface area contributed by atoms with E-state index >= 15 is 0 Å². The maximum atomic E-state index is 11.7. The van der Waals surface area contributed by atoms with Crippen LogP contribution in [0, 0.1) is 11.8 Å². The van der Waals surface area contributed by atoms with E-state index < -0.39 is 0 Å². The van der Waals surface area contributed by atoms with E-state index in [1.165, 1.54) is 19.3 Å². The molecule has 0 heterocycles. The molecular weight excluding hydrogens is 174 g/mol. The van der Waals surface area contributed by atoms with E-state index in [2.05, 4.69) is 6.92 Å². The van der Waals surface area contributed by atoms with Crippen molar-refractivity contribution in [1.82, 2.24) is 0 Å². The van der Waals surface area contributed by atoms with Gasteiger partial charge in [0.25, 0.3) is 0 Å². The van der Waals surface area contributed by atoms with Crippen LogP contribution in [0.2, 0.25) is 0 Å². The Hall–Kier alpha value is -0.370. The van der Waals surface area contributed by atoms with Gasteiger partial charge in [-0.1, -0.05) is 13.3 Å². The van der Waals surface area contributed by atoms with Gasteiger partial charge in [-0.25, -0.2) is 0 Å². The molecule has 0 aromatic heterocycles. The molecule has 1 saturated carbocycles. The fourth-order valence-corrected chi connectivity index (χ4v) is 2.38.